The van der Waals surface area contributed by atoms with Crippen molar-refractivity contribution in [2.75, 3.05) is 5.32 Å². The van der Waals surface area contributed by atoms with Crippen LogP contribution < -0.4 is 5.32 Å². The standard InChI is InChI=1S/C20H17N3O/c24-20(22-19-5-3-4-18-17(19)10-11-21-18)14-15-6-8-16(9-7-15)23-12-1-2-13-23/h1-13,21H,14H2,(H,22,24). The summed E-state index contributed by atoms with van der Waals surface area (Å²) in [6.07, 6.45) is 6.23. The second-order valence-corrected chi connectivity index (χ2v) is 5.73. The highest BCUT2D eigenvalue weighted by Crippen LogP contribution is 2.22. The number of hydrogen-bond donors (Lipinski definition) is 2. The van der Waals surface area contributed by atoms with Crippen molar-refractivity contribution >= 4 is 22.5 Å². The molecule has 0 radical (unpaired) electrons. The molecule has 0 atom stereocenters. The molecule has 4 heteroatoms. The fraction of sp³-hybridized carbons (Fsp3) is 0.0500. The van der Waals surface area contributed by atoms with Gasteiger partial charge in [0.1, 0.15) is 0 Å². The first-order valence-electron chi connectivity index (χ1n) is 7.88. The number of amides is 1. The van der Waals surface area contributed by atoms with E-state index in [-0.39, 0.29) is 5.91 Å². The fourth-order valence-electron chi connectivity index (χ4n) is 2.87. The smallest absolute Gasteiger partial charge is 0.228 e. The van der Waals surface area contributed by atoms with Crippen LogP contribution in [0.4, 0.5) is 5.69 Å². The summed E-state index contributed by atoms with van der Waals surface area (Å²) >= 11 is 0. The van der Waals surface area contributed by atoms with Crippen LogP contribution >= 0.6 is 0 Å². The number of nitrogens with zero attached hydrogens (tertiary/aromatic N) is 1. The monoisotopic (exact) mass is 315 g/mol. The summed E-state index contributed by atoms with van der Waals surface area (Å²) in [6.45, 7) is 0. The van der Waals surface area contributed by atoms with E-state index >= 15 is 0 Å². The zero-order valence-electron chi connectivity index (χ0n) is 13.1. The Hall–Kier alpha value is -3.27. The van der Waals surface area contributed by atoms with E-state index in [1.54, 1.807) is 0 Å². The highest BCUT2D eigenvalue weighted by molar-refractivity contribution is 6.01. The van der Waals surface area contributed by atoms with Crippen LogP contribution in [0.1, 0.15) is 5.56 Å². The number of carbonyl (C=O) groups excluding carboxylic acids is 1. The third-order valence-corrected chi connectivity index (χ3v) is 4.07. The number of aromatic amines is 1. The van der Waals surface area contributed by atoms with Gasteiger partial charge in [0.05, 0.1) is 12.1 Å². The lowest BCUT2D eigenvalue weighted by Crippen LogP contribution is -2.14. The molecule has 0 aliphatic heterocycles. The zero-order chi connectivity index (χ0) is 16.4. The first kappa shape index (κ1) is 14.3. The Labute approximate surface area is 139 Å². The number of carbonyl (C=O) groups is 1. The van der Waals surface area contributed by atoms with E-state index in [4.69, 9.17) is 0 Å². The minimum absolute atomic E-state index is 0.0163. The minimum Gasteiger partial charge on any atom is -0.361 e. The number of aromatic nitrogens is 2. The molecule has 2 aromatic heterocycles. The van der Waals surface area contributed by atoms with E-state index in [1.807, 2.05) is 83.8 Å². The topological polar surface area (TPSA) is 49.8 Å². The zero-order valence-corrected chi connectivity index (χ0v) is 13.1. The number of anilines is 1. The maximum atomic E-state index is 12.3. The second-order valence-electron chi connectivity index (χ2n) is 5.73. The summed E-state index contributed by atoms with van der Waals surface area (Å²) in [5.41, 5.74) is 3.93. The highest BCUT2D eigenvalue weighted by atomic mass is 16.1. The SMILES string of the molecule is O=C(Cc1ccc(-n2cccc2)cc1)Nc1cccc2[nH]ccc12. The van der Waals surface area contributed by atoms with E-state index < -0.39 is 0 Å². The number of rotatable bonds is 4. The van der Waals surface area contributed by atoms with Crippen molar-refractivity contribution in [1.29, 1.82) is 0 Å². The van der Waals surface area contributed by atoms with Gasteiger partial charge in [0.15, 0.2) is 0 Å². The van der Waals surface area contributed by atoms with Gasteiger partial charge in [0.2, 0.25) is 5.91 Å². The van der Waals surface area contributed by atoms with Crippen molar-refractivity contribution in [2.24, 2.45) is 0 Å². The Kier molecular flexibility index (Phi) is 3.63. The molecule has 24 heavy (non-hydrogen) atoms. The maximum Gasteiger partial charge on any atom is 0.228 e. The second kappa shape index (κ2) is 6.08. The van der Waals surface area contributed by atoms with Gasteiger partial charge in [-0.2, -0.15) is 0 Å². The molecule has 0 aliphatic carbocycles. The molecule has 4 aromatic rings. The van der Waals surface area contributed by atoms with Crippen LogP contribution in [-0.2, 0) is 11.2 Å². The number of fused-ring (bicyclic) bond motifs is 1. The van der Waals surface area contributed by atoms with E-state index in [2.05, 4.69) is 10.3 Å². The Morgan fingerprint density at radius 3 is 2.54 bits per heavy atom. The van der Waals surface area contributed by atoms with Crippen molar-refractivity contribution < 1.29 is 4.79 Å². The summed E-state index contributed by atoms with van der Waals surface area (Å²) in [5.74, 6) is -0.0163. The van der Waals surface area contributed by atoms with Crippen molar-refractivity contribution in [3.63, 3.8) is 0 Å². The number of nitrogens with one attached hydrogen (secondary N) is 2. The van der Waals surface area contributed by atoms with Crippen molar-refractivity contribution in [3.05, 3.63) is 84.8 Å². The van der Waals surface area contributed by atoms with Crippen LogP contribution in [0.5, 0.6) is 0 Å². The molecule has 0 fully saturated rings. The third-order valence-electron chi connectivity index (χ3n) is 4.07. The molecular weight excluding hydrogens is 298 g/mol. The summed E-state index contributed by atoms with van der Waals surface area (Å²) in [5, 5.41) is 4.02. The molecule has 4 rings (SSSR count). The fourth-order valence-corrected chi connectivity index (χ4v) is 2.87. The van der Waals surface area contributed by atoms with Gasteiger partial charge < -0.3 is 14.9 Å². The molecule has 0 unspecified atom stereocenters. The predicted octanol–water partition coefficient (Wildman–Crippen LogP) is 4.14. The van der Waals surface area contributed by atoms with Crippen LogP contribution in [0, 0.1) is 0 Å². The van der Waals surface area contributed by atoms with Crippen molar-refractivity contribution in [2.45, 2.75) is 6.42 Å². The van der Waals surface area contributed by atoms with Gasteiger partial charge in [-0.1, -0.05) is 18.2 Å². The normalized spacial score (nSPS) is 10.8. The molecule has 4 nitrogen and oxygen atoms in total. The summed E-state index contributed by atoms with van der Waals surface area (Å²) in [6, 6.07) is 19.8. The molecular formula is C20H17N3O. The Bertz CT molecular complexity index is 966. The van der Waals surface area contributed by atoms with Crippen LogP contribution in [0.25, 0.3) is 16.6 Å². The number of hydrogen-bond acceptors (Lipinski definition) is 1. The maximum absolute atomic E-state index is 12.3. The lowest BCUT2D eigenvalue weighted by atomic mass is 10.1. The molecule has 0 saturated carbocycles. The lowest BCUT2D eigenvalue weighted by Gasteiger charge is -2.08. The van der Waals surface area contributed by atoms with Gasteiger partial charge in [-0.05, 0) is 48.0 Å². The quantitative estimate of drug-likeness (QED) is 0.584. The van der Waals surface area contributed by atoms with E-state index in [0.29, 0.717) is 6.42 Å². The van der Waals surface area contributed by atoms with E-state index in [1.165, 1.54) is 0 Å². The average Bonchev–Trinajstić information content (AvgIpc) is 3.27. The molecule has 0 spiro atoms. The molecule has 0 bridgehead atoms. The van der Waals surface area contributed by atoms with Gasteiger partial charge in [-0.25, -0.2) is 0 Å². The third kappa shape index (κ3) is 2.82. The molecule has 2 heterocycles. The molecule has 0 saturated heterocycles. The number of H-pyrrole nitrogens is 1. The molecule has 2 N–H and O–H groups in total. The minimum atomic E-state index is -0.0163. The van der Waals surface area contributed by atoms with Crippen LogP contribution in [-0.4, -0.2) is 15.5 Å². The lowest BCUT2D eigenvalue weighted by molar-refractivity contribution is -0.115. The number of benzene rings is 2. The average molecular weight is 315 g/mol. The Balaban J connectivity index is 1.47. The Morgan fingerprint density at radius 2 is 1.75 bits per heavy atom. The molecule has 118 valence electrons. The largest absolute Gasteiger partial charge is 0.361 e. The van der Waals surface area contributed by atoms with E-state index in [9.17, 15) is 4.79 Å². The predicted molar refractivity (Wildman–Crippen MR) is 96.4 cm³/mol. The van der Waals surface area contributed by atoms with Crippen molar-refractivity contribution in [1.82, 2.24) is 9.55 Å². The molecule has 0 aliphatic rings. The van der Waals surface area contributed by atoms with Gasteiger partial charge in [-0.3, -0.25) is 4.79 Å². The molecule has 1 amide bonds. The van der Waals surface area contributed by atoms with Gasteiger partial charge >= 0.3 is 0 Å². The summed E-state index contributed by atoms with van der Waals surface area (Å²) in [7, 11) is 0. The van der Waals surface area contributed by atoms with Crippen LogP contribution in [0.3, 0.4) is 0 Å². The van der Waals surface area contributed by atoms with Gasteiger partial charge in [0, 0.05) is 35.2 Å². The first-order valence-corrected chi connectivity index (χ1v) is 7.88. The first-order chi connectivity index (χ1) is 11.8. The van der Waals surface area contributed by atoms with E-state index in [0.717, 1.165) is 27.8 Å². The van der Waals surface area contributed by atoms with Crippen LogP contribution in [0.15, 0.2) is 79.3 Å². The highest BCUT2D eigenvalue weighted by Gasteiger charge is 2.07. The van der Waals surface area contributed by atoms with Gasteiger partial charge in [-0.15, -0.1) is 0 Å². The van der Waals surface area contributed by atoms with Gasteiger partial charge in [0.25, 0.3) is 0 Å². The molecule has 2 aromatic carbocycles. The van der Waals surface area contributed by atoms with Crippen molar-refractivity contribution in [3.8, 4) is 5.69 Å². The summed E-state index contributed by atoms with van der Waals surface area (Å²) in [4.78, 5) is 15.5. The Morgan fingerprint density at radius 1 is 0.958 bits per heavy atom. The van der Waals surface area contributed by atoms with Crippen LogP contribution in [0.2, 0.25) is 0 Å². The summed E-state index contributed by atoms with van der Waals surface area (Å²) < 4.78 is 2.04.